The SMILES string of the molecule is CCCCCn1c(O)nc2ccc(Cl)nc21. The third-order valence-electron chi connectivity index (χ3n) is 2.52. The summed E-state index contributed by atoms with van der Waals surface area (Å²) in [7, 11) is 0. The van der Waals surface area contributed by atoms with Crippen LogP contribution in [-0.4, -0.2) is 19.6 Å². The summed E-state index contributed by atoms with van der Waals surface area (Å²) in [6, 6.07) is 3.45. The molecule has 4 nitrogen and oxygen atoms in total. The molecule has 0 amide bonds. The van der Waals surface area contributed by atoms with Crippen LogP contribution in [0.5, 0.6) is 6.01 Å². The molecule has 0 saturated carbocycles. The molecule has 2 heterocycles. The summed E-state index contributed by atoms with van der Waals surface area (Å²) >= 11 is 5.83. The standard InChI is InChI=1S/C11H14ClN3O/c1-2-3-4-7-15-10-8(13-11(15)16)5-6-9(12)14-10/h5-6H,2-4,7H2,1H3,(H,13,16). The average Bonchev–Trinajstić information content (AvgIpc) is 2.56. The van der Waals surface area contributed by atoms with Crippen LogP contribution < -0.4 is 0 Å². The maximum atomic E-state index is 9.69. The molecule has 86 valence electrons. The van der Waals surface area contributed by atoms with Gasteiger partial charge >= 0.3 is 0 Å². The molecule has 0 bridgehead atoms. The van der Waals surface area contributed by atoms with Crippen molar-refractivity contribution in [2.24, 2.45) is 0 Å². The van der Waals surface area contributed by atoms with Crippen molar-refractivity contribution in [1.29, 1.82) is 0 Å². The molecule has 2 rings (SSSR count). The second-order valence-corrected chi connectivity index (χ2v) is 4.13. The van der Waals surface area contributed by atoms with Crippen LogP contribution in [0.3, 0.4) is 0 Å². The number of rotatable bonds is 4. The summed E-state index contributed by atoms with van der Waals surface area (Å²) in [4.78, 5) is 8.21. The van der Waals surface area contributed by atoms with E-state index in [4.69, 9.17) is 11.6 Å². The van der Waals surface area contributed by atoms with Crippen LogP contribution in [0.15, 0.2) is 12.1 Å². The Morgan fingerprint density at radius 3 is 2.88 bits per heavy atom. The summed E-state index contributed by atoms with van der Waals surface area (Å²) < 4.78 is 1.71. The fraction of sp³-hybridized carbons (Fsp3) is 0.455. The topological polar surface area (TPSA) is 50.9 Å². The number of halogens is 1. The molecular formula is C11H14ClN3O. The number of pyridine rings is 1. The van der Waals surface area contributed by atoms with Gasteiger partial charge in [-0.15, -0.1) is 0 Å². The summed E-state index contributed by atoms with van der Waals surface area (Å²) in [5.41, 5.74) is 1.33. The zero-order valence-corrected chi connectivity index (χ0v) is 9.91. The molecule has 0 unspecified atom stereocenters. The first kappa shape index (κ1) is 11.2. The number of unbranched alkanes of at least 4 members (excludes halogenated alkanes) is 2. The summed E-state index contributed by atoms with van der Waals surface area (Å²) in [5.74, 6) is 0. The molecule has 2 aromatic rings. The number of aromatic nitrogens is 3. The van der Waals surface area contributed by atoms with Crippen molar-refractivity contribution in [3.05, 3.63) is 17.3 Å². The predicted molar refractivity (Wildman–Crippen MR) is 63.7 cm³/mol. The number of imidazole rings is 1. The minimum absolute atomic E-state index is 0.0147. The molecule has 0 atom stereocenters. The van der Waals surface area contributed by atoms with Gasteiger partial charge in [-0.1, -0.05) is 31.4 Å². The zero-order chi connectivity index (χ0) is 11.5. The van der Waals surface area contributed by atoms with Gasteiger partial charge in [-0.05, 0) is 18.6 Å². The summed E-state index contributed by atoms with van der Waals surface area (Å²) in [6.45, 7) is 2.87. The van der Waals surface area contributed by atoms with Gasteiger partial charge < -0.3 is 5.11 Å². The molecule has 16 heavy (non-hydrogen) atoms. The minimum atomic E-state index is 0.0147. The maximum absolute atomic E-state index is 9.69. The maximum Gasteiger partial charge on any atom is 0.296 e. The normalized spacial score (nSPS) is 11.1. The highest BCUT2D eigenvalue weighted by Crippen LogP contribution is 2.21. The lowest BCUT2D eigenvalue weighted by molar-refractivity contribution is 0.397. The van der Waals surface area contributed by atoms with Crippen LogP contribution in [-0.2, 0) is 6.54 Å². The van der Waals surface area contributed by atoms with E-state index in [0.29, 0.717) is 16.3 Å². The van der Waals surface area contributed by atoms with Gasteiger partial charge in [0.2, 0.25) is 0 Å². The molecule has 0 aliphatic carbocycles. The Morgan fingerprint density at radius 2 is 2.12 bits per heavy atom. The van der Waals surface area contributed by atoms with Crippen LogP contribution in [0.2, 0.25) is 5.15 Å². The van der Waals surface area contributed by atoms with E-state index in [1.807, 2.05) is 0 Å². The third-order valence-corrected chi connectivity index (χ3v) is 2.73. The highest BCUT2D eigenvalue weighted by Gasteiger charge is 2.10. The monoisotopic (exact) mass is 239 g/mol. The number of hydrogen-bond donors (Lipinski definition) is 1. The lowest BCUT2D eigenvalue weighted by Gasteiger charge is -2.03. The molecule has 1 N–H and O–H groups in total. The van der Waals surface area contributed by atoms with E-state index in [-0.39, 0.29) is 6.01 Å². The van der Waals surface area contributed by atoms with Gasteiger partial charge in [0.15, 0.2) is 5.65 Å². The van der Waals surface area contributed by atoms with Crippen LogP contribution in [0.4, 0.5) is 0 Å². The van der Waals surface area contributed by atoms with Gasteiger partial charge in [0.25, 0.3) is 6.01 Å². The fourth-order valence-electron chi connectivity index (χ4n) is 1.69. The first-order valence-electron chi connectivity index (χ1n) is 5.44. The fourth-order valence-corrected chi connectivity index (χ4v) is 1.84. The first-order valence-corrected chi connectivity index (χ1v) is 5.82. The smallest absolute Gasteiger partial charge is 0.296 e. The van der Waals surface area contributed by atoms with Crippen LogP contribution in [0, 0.1) is 0 Å². The zero-order valence-electron chi connectivity index (χ0n) is 9.15. The van der Waals surface area contributed by atoms with E-state index in [1.54, 1.807) is 16.7 Å². The van der Waals surface area contributed by atoms with Crippen molar-refractivity contribution in [2.75, 3.05) is 0 Å². The van der Waals surface area contributed by atoms with Crippen molar-refractivity contribution in [1.82, 2.24) is 14.5 Å². The largest absolute Gasteiger partial charge is 0.480 e. The molecule has 0 aliphatic heterocycles. The average molecular weight is 240 g/mol. The minimum Gasteiger partial charge on any atom is -0.480 e. The van der Waals surface area contributed by atoms with Crippen molar-refractivity contribution in [3.8, 4) is 6.01 Å². The Hall–Kier alpha value is -1.29. The molecule has 5 heteroatoms. The number of aromatic hydroxyl groups is 1. The van der Waals surface area contributed by atoms with Gasteiger partial charge in [-0.2, -0.15) is 4.98 Å². The Labute approximate surface area is 98.9 Å². The second kappa shape index (κ2) is 4.70. The van der Waals surface area contributed by atoms with Gasteiger partial charge in [-0.3, -0.25) is 4.57 Å². The first-order chi connectivity index (χ1) is 7.72. The molecule has 0 aliphatic rings. The van der Waals surface area contributed by atoms with E-state index in [2.05, 4.69) is 16.9 Å². The predicted octanol–water partition coefficient (Wildman–Crippen LogP) is 2.98. The van der Waals surface area contributed by atoms with E-state index < -0.39 is 0 Å². The third kappa shape index (κ3) is 2.11. The van der Waals surface area contributed by atoms with E-state index in [0.717, 1.165) is 25.8 Å². The van der Waals surface area contributed by atoms with Crippen molar-refractivity contribution in [2.45, 2.75) is 32.7 Å². The molecule has 0 radical (unpaired) electrons. The van der Waals surface area contributed by atoms with Gasteiger partial charge in [0.05, 0.1) is 0 Å². The molecule has 0 fully saturated rings. The van der Waals surface area contributed by atoms with Crippen LogP contribution in [0.25, 0.3) is 11.2 Å². The van der Waals surface area contributed by atoms with Crippen molar-refractivity contribution < 1.29 is 5.11 Å². The lowest BCUT2D eigenvalue weighted by atomic mass is 10.2. The number of fused-ring (bicyclic) bond motifs is 1. The highest BCUT2D eigenvalue weighted by molar-refractivity contribution is 6.29. The van der Waals surface area contributed by atoms with Crippen LogP contribution in [0.1, 0.15) is 26.2 Å². The van der Waals surface area contributed by atoms with Gasteiger partial charge in [0, 0.05) is 6.54 Å². The Kier molecular flexibility index (Phi) is 3.29. The highest BCUT2D eigenvalue weighted by atomic mass is 35.5. The van der Waals surface area contributed by atoms with Crippen LogP contribution >= 0.6 is 11.6 Å². The van der Waals surface area contributed by atoms with E-state index >= 15 is 0 Å². The molecule has 0 aromatic carbocycles. The summed E-state index contributed by atoms with van der Waals surface area (Å²) in [5, 5.41) is 10.1. The molecule has 0 saturated heterocycles. The Morgan fingerprint density at radius 1 is 1.31 bits per heavy atom. The Bertz CT molecular complexity index is 495. The number of aryl methyl sites for hydroxylation is 1. The van der Waals surface area contributed by atoms with Crippen molar-refractivity contribution >= 4 is 22.8 Å². The Balaban J connectivity index is 2.34. The second-order valence-electron chi connectivity index (χ2n) is 3.75. The van der Waals surface area contributed by atoms with Gasteiger partial charge in [0.1, 0.15) is 10.7 Å². The molecule has 2 aromatic heterocycles. The van der Waals surface area contributed by atoms with E-state index in [1.165, 1.54) is 0 Å². The number of nitrogens with zero attached hydrogens (tertiary/aromatic N) is 3. The quantitative estimate of drug-likeness (QED) is 0.659. The number of hydrogen-bond acceptors (Lipinski definition) is 3. The molecular weight excluding hydrogens is 226 g/mol. The molecule has 0 spiro atoms. The van der Waals surface area contributed by atoms with Crippen molar-refractivity contribution in [3.63, 3.8) is 0 Å². The van der Waals surface area contributed by atoms with Gasteiger partial charge in [-0.25, -0.2) is 4.98 Å². The summed E-state index contributed by atoms with van der Waals surface area (Å²) in [6.07, 6.45) is 3.27. The van der Waals surface area contributed by atoms with E-state index in [9.17, 15) is 5.11 Å². The lowest BCUT2D eigenvalue weighted by Crippen LogP contribution is -1.98.